The highest BCUT2D eigenvalue weighted by atomic mass is 32.2. The van der Waals surface area contributed by atoms with Crippen molar-refractivity contribution >= 4 is 40.4 Å². The molecule has 3 nitrogen and oxygen atoms in total. The van der Waals surface area contributed by atoms with Gasteiger partial charge in [0.1, 0.15) is 0 Å². The molecule has 2 aromatic heterocycles. The summed E-state index contributed by atoms with van der Waals surface area (Å²) in [5.74, 6) is 0.459. The summed E-state index contributed by atoms with van der Waals surface area (Å²) in [6, 6.07) is 4.10. The van der Waals surface area contributed by atoms with Crippen molar-refractivity contribution in [2.75, 3.05) is 6.61 Å². The van der Waals surface area contributed by atoms with E-state index in [1.165, 1.54) is 15.5 Å². The second kappa shape index (κ2) is 6.18. The van der Waals surface area contributed by atoms with Crippen LogP contribution in [0.4, 0.5) is 0 Å². The molecular formula is C11H11NO2S3. The molecule has 0 bridgehead atoms. The van der Waals surface area contributed by atoms with Crippen LogP contribution in [-0.2, 0) is 10.5 Å². The van der Waals surface area contributed by atoms with Gasteiger partial charge in [-0.1, -0.05) is 6.07 Å². The largest absolute Gasteiger partial charge is 0.461 e. The average Bonchev–Trinajstić information content (AvgIpc) is 2.98. The molecule has 0 aliphatic carbocycles. The van der Waals surface area contributed by atoms with Gasteiger partial charge in [-0.15, -0.1) is 34.4 Å². The van der Waals surface area contributed by atoms with E-state index in [9.17, 15) is 4.79 Å². The first-order valence-electron chi connectivity index (χ1n) is 5.07. The monoisotopic (exact) mass is 285 g/mol. The maximum Gasteiger partial charge on any atom is 0.367 e. The lowest BCUT2D eigenvalue weighted by Crippen LogP contribution is -2.03. The highest BCUT2D eigenvalue weighted by molar-refractivity contribution is 8.00. The highest BCUT2D eigenvalue weighted by Crippen LogP contribution is 2.27. The van der Waals surface area contributed by atoms with Crippen molar-refractivity contribution in [2.24, 2.45) is 0 Å². The number of ether oxygens (including phenoxy) is 1. The number of thiophene rings is 1. The lowest BCUT2D eigenvalue weighted by molar-refractivity contribution is 0.0525. The number of esters is 1. The van der Waals surface area contributed by atoms with E-state index in [-0.39, 0.29) is 5.97 Å². The molecule has 0 saturated heterocycles. The maximum absolute atomic E-state index is 11.4. The van der Waals surface area contributed by atoms with Crippen LogP contribution >= 0.6 is 34.4 Å². The summed E-state index contributed by atoms with van der Waals surface area (Å²) in [5, 5.41) is 4.40. The summed E-state index contributed by atoms with van der Waals surface area (Å²) in [6.07, 6.45) is 0. The zero-order valence-electron chi connectivity index (χ0n) is 9.21. The summed E-state index contributed by atoms with van der Waals surface area (Å²) in [4.78, 5) is 15.7. The molecule has 17 heavy (non-hydrogen) atoms. The van der Waals surface area contributed by atoms with E-state index in [4.69, 9.17) is 4.74 Å². The Morgan fingerprint density at radius 1 is 1.53 bits per heavy atom. The summed E-state index contributed by atoms with van der Waals surface area (Å²) in [7, 11) is 0. The van der Waals surface area contributed by atoms with Gasteiger partial charge >= 0.3 is 5.97 Å². The molecular weight excluding hydrogens is 274 g/mol. The third kappa shape index (κ3) is 3.55. The summed E-state index contributed by atoms with van der Waals surface area (Å²) >= 11 is 4.78. The van der Waals surface area contributed by atoms with Crippen LogP contribution in [-0.4, -0.2) is 17.6 Å². The van der Waals surface area contributed by atoms with Gasteiger partial charge in [0.05, 0.1) is 16.5 Å². The molecule has 2 aromatic rings. The molecule has 0 spiro atoms. The minimum atomic E-state index is -0.329. The van der Waals surface area contributed by atoms with Crippen LogP contribution in [0.25, 0.3) is 0 Å². The third-order valence-electron chi connectivity index (χ3n) is 1.86. The molecule has 0 aliphatic rings. The quantitative estimate of drug-likeness (QED) is 0.620. The van der Waals surface area contributed by atoms with Crippen LogP contribution in [0, 0.1) is 0 Å². The molecule has 0 atom stereocenters. The van der Waals surface area contributed by atoms with E-state index in [2.05, 4.69) is 11.1 Å². The van der Waals surface area contributed by atoms with E-state index in [0.29, 0.717) is 11.6 Å². The fraction of sp³-hybridized carbons (Fsp3) is 0.273. The van der Waals surface area contributed by atoms with Crippen LogP contribution in [0.3, 0.4) is 0 Å². The molecule has 0 amide bonds. The van der Waals surface area contributed by atoms with E-state index >= 15 is 0 Å². The Kier molecular flexibility index (Phi) is 4.58. The lowest BCUT2D eigenvalue weighted by Gasteiger charge is -1.96. The number of rotatable bonds is 5. The average molecular weight is 285 g/mol. The van der Waals surface area contributed by atoms with Crippen molar-refractivity contribution in [3.05, 3.63) is 33.6 Å². The molecule has 0 saturated carbocycles. The van der Waals surface area contributed by atoms with Gasteiger partial charge in [0.2, 0.25) is 5.01 Å². The second-order valence-electron chi connectivity index (χ2n) is 3.09. The first kappa shape index (κ1) is 12.6. The van der Waals surface area contributed by atoms with Gasteiger partial charge in [0, 0.05) is 11.1 Å². The standard InChI is InChI=1S/C11H11NO2S3/c1-2-14-11(13)10-12-8(7-17-10)6-16-9-4-3-5-15-9/h3-5,7H,2,6H2,1H3. The Morgan fingerprint density at radius 2 is 2.41 bits per heavy atom. The molecule has 0 fully saturated rings. The van der Waals surface area contributed by atoms with Crippen molar-refractivity contribution < 1.29 is 9.53 Å². The van der Waals surface area contributed by atoms with Gasteiger partial charge in [-0.3, -0.25) is 0 Å². The zero-order chi connectivity index (χ0) is 12.1. The van der Waals surface area contributed by atoms with Gasteiger partial charge in [0.15, 0.2) is 0 Å². The first-order valence-corrected chi connectivity index (χ1v) is 7.82. The molecule has 0 aromatic carbocycles. The molecule has 6 heteroatoms. The third-order valence-corrected chi connectivity index (χ3v) is 4.89. The van der Waals surface area contributed by atoms with Crippen molar-refractivity contribution in [1.82, 2.24) is 4.98 Å². The minimum absolute atomic E-state index is 0.329. The smallest absolute Gasteiger partial charge is 0.367 e. The number of hydrogen-bond acceptors (Lipinski definition) is 6. The summed E-state index contributed by atoms with van der Waals surface area (Å²) in [6.45, 7) is 2.18. The fourth-order valence-electron chi connectivity index (χ4n) is 1.15. The molecule has 2 heterocycles. The van der Waals surface area contributed by atoms with Crippen molar-refractivity contribution in [1.29, 1.82) is 0 Å². The van der Waals surface area contributed by atoms with Crippen LogP contribution in [0.15, 0.2) is 27.1 Å². The first-order chi connectivity index (χ1) is 8.29. The van der Waals surface area contributed by atoms with Gasteiger partial charge in [-0.2, -0.15) is 0 Å². The summed E-state index contributed by atoms with van der Waals surface area (Å²) < 4.78 is 6.16. The predicted octanol–water partition coefficient (Wildman–Crippen LogP) is 3.67. The molecule has 0 radical (unpaired) electrons. The van der Waals surface area contributed by atoms with E-state index < -0.39 is 0 Å². The molecule has 0 unspecified atom stereocenters. The number of aromatic nitrogens is 1. The number of thiazole rings is 1. The number of thioether (sulfide) groups is 1. The van der Waals surface area contributed by atoms with E-state index in [0.717, 1.165) is 11.4 Å². The van der Waals surface area contributed by atoms with Crippen molar-refractivity contribution in [3.63, 3.8) is 0 Å². The Bertz CT molecular complexity index is 479. The normalized spacial score (nSPS) is 10.4. The van der Waals surface area contributed by atoms with Crippen LogP contribution in [0.1, 0.15) is 22.4 Å². The molecule has 2 rings (SSSR count). The van der Waals surface area contributed by atoms with Crippen LogP contribution < -0.4 is 0 Å². The summed E-state index contributed by atoms with van der Waals surface area (Å²) in [5.41, 5.74) is 0.927. The van der Waals surface area contributed by atoms with Crippen molar-refractivity contribution in [3.8, 4) is 0 Å². The van der Waals surface area contributed by atoms with Gasteiger partial charge < -0.3 is 4.74 Å². The minimum Gasteiger partial charge on any atom is -0.461 e. The van der Waals surface area contributed by atoms with Gasteiger partial charge in [0.25, 0.3) is 0 Å². The van der Waals surface area contributed by atoms with E-state index in [1.54, 1.807) is 30.0 Å². The Balaban J connectivity index is 1.92. The number of carbonyl (C=O) groups excluding carboxylic acids is 1. The van der Waals surface area contributed by atoms with Crippen LogP contribution in [0.5, 0.6) is 0 Å². The predicted molar refractivity (Wildman–Crippen MR) is 72.0 cm³/mol. The lowest BCUT2D eigenvalue weighted by atomic mass is 10.6. The molecule has 0 aliphatic heterocycles. The van der Waals surface area contributed by atoms with E-state index in [1.807, 2.05) is 16.8 Å². The number of nitrogens with zero attached hydrogens (tertiary/aromatic N) is 1. The molecule has 0 N–H and O–H groups in total. The maximum atomic E-state index is 11.4. The Hall–Kier alpha value is -0.850. The Morgan fingerprint density at radius 3 is 3.12 bits per heavy atom. The number of carbonyl (C=O) groups is 1. The van der Waals surface area contributed by atoms with Gasteiger partial charge in [-0.05, 0) is 18.4 Å². The fourth-order valence-corrected chi connectivity index (χ4v) is 3.64. The topological polar surface area (TPSA) is 39.2 Å². The van der Waals surface area contributed by atoms with Crippen molar-refractivity contribution in [2.45, 2.75) is 16.9 Å². The number of hydrogen-bond donors (Lipinski definition) is 0. The van der Waals surface area contributed by atoms with Crippen LogP contribution in [0.2, 0.25) is 0 Å². The Labute approximate surface area is 112 Å². The highest BCUT2D eigenvalue weighted by Gasteiger charge is 2.11. The van der Waals surface area contributed by atoms with Gasteiger partial charge in [-0.25, -0.2) is 9.78 Å². The molecule has 90 valence electrons. The zero-order valence-corrected chi connectivity index (χ0v) is 11.7. The second-order valence-corrected chi connectivity index (χ2v) is 6.17. The SMILES string of the molecule is CCOC(=O)c1nc(CSc2cccs2)cs1.